The van der Waals surface area contributed by atoms with E-state index in [1.165, 1.54) is 22.3 Å². The van der Waals surface area contributed by atoms with E-state index in [0.717, 1.165) is 84.7 Å². The predicted octanol–water partition coefficient (Wildman–Crippen LogP) is 20.0. The van der Waals surface area contributed by atoms with E-state index in [-0.39, 0.29) is 21.7 Å². The van der Waals surface area contributed by atoms with Crippen LogP contribution in [0.25, 0.3) is 0 Å². The van der Waals surface area contributed by atoms with Gasteiger partial charge in [0.05, 0.1) is 0 Å². The number of ether oxygens (including phenoxy) is 4. The second kappa shape index (κ2) is 21.9. The number of hydrogen-bond acceptors (Lipinski definition) is 4. The molecular formula is C72H76Br4O4. The smallest absolute Gasteiger partial charge is 0.143 e. The number of halogens is 4. The first kappa shape index (κ1) is 60.1. The molecule has 0 spiro atoms. The van der Waals surface area contributed by atoms with Gasteiger partial charge in [-0.1, -0.05) is 244 Å². The topological polar surface area (TPSA) is 36.9 Å². The van der Waals surface area contributed by atoms with Gasteiger partial charge in [-0.15, -0.1) is 0 Å². The minimum absolute atomic E-state index is 0.0890. The van der Waals surface area contributed by atoms with E-state index in [0.29, 0.717) is 0 Å². The zero-order valence-corrected chi connectivity index (χ0v) is 55.7. The first-order valence-electron chi connectivity index (χ1n) is 27.4. The van der Waals surface area contributed by atoms with Crippen molar-refractivity contribution >= 4 is 63.7 Å². The maximum atomic E-state index is 7.30. The molecule has 0 aromatic heterocycles. The van der Waals surface area contributed by atoms with E-state index < -0.39 is 22.4 Å². The van der Waals surface area contributed by atoms with Gasteiger partial charge < -0.3 is 18.9 Å². The molecule has 0 atom stereocenters. The molecule has 0 unspecified atom stereocenters. The summed E-state index contributed by atoms with van der Waals surface area (Å²) >= 11 is 16.5. The van der Waals surface area contributed by atoms with Gasteiger partial charge in [-0.2, -0.15) is 0 Å². The number of hydrogen-bond donors (Lipinski definition) is 0. The molecule has 8 bridgehead atoms. The minimum Gasteiger partial charge on any atom is -0.364 e. The van der Waals surface area contributed by atoms with E-state index in [4.69, 9.17) is 18.9 Å². The number of methoxy groups -OCH3 is 4. The zero-order chi connectivity index (χ0) is 58.2. The summed E-state index contributed by atoms with van der Waals surface area (Å²) in [6.07, 6.45) is 0. The molecule has 0 amide bonds. The van der Waals surface area contributed by atoms with Crippen LogP contribution in [0.4, 0.5) is 0 Å². The van der Waals surface area contributed by atoms with Gasteiger partial charge in [0.1, 0.15) is 22.4 Å². The van der Waals surface area contributed by atoms with Gasteiger partial charge >= 0.3 is 0 Å². The summed E-state index contributed by atoms with van der Waals surface area (Å²) in [6.45, 7) is 27.0. The van der Waals surface area contributed by atoms with E-state index in [1.54, 1.807) is 0 Å². The molecule has 4 nitrogen and oxygen atoms in total. The fourth-order valence-electron chi connectivity index (χ4n) is 12.2. The standard InChI is InChI=1S/C72H76Br4O4/c1-65(2,3)45-17-25-49(26-18-45)69(77-13)53-33-55(39-61(73)37-53)70(78-14,50-27-19-46(20-28-50)66(4,5)6)57-35-59(43-63(75)41-57)72(80-16,52-31-23-48(24-32-52)68(10,11)12)60-36-58(42-64(76)44-60)71(79-15,56-34-54(69)38-62(74)40-56)51-29-21-47(22-30-51)67(7,8)9/h17-44H,1-16H3. The summed E-state index contributed by atoms with van der Waals surface area (Å²) in [5.41, 5.74) is 10.6. The largest absolute Gasteiger partial charge is 0.364 e. The Balaban J connectivity index is 1.53. The Morgan fingerprint density at radius 2 is 0.362 bits per heavy atom. The van der Waals surface area contributed by atoms with Crippen molar-refractivity contribution in [2.75, 3.05) is 28.4 Å². The number of rotatable bonds is 8. The fraction of sp³-hybridized carbons (Fsp3) is 0.333. The quantitative estimate of drug-likeness (QED) is 0.152. The van der Waals surface area contributed by atoms with Crippen LogP contribution in [-0.2, 0) is 63.0 Å². The van der Waals surface area contributed by atoms with Crippen LogP contribution in [0.2, 0.25) is 0 Å². The molecule has 0 N–H and O–H groups in total. The number of benzene rings is 8. The van der Waals surface area contributed by atoms with Crippen LogP contribution in [0, 0.1) is 0 Å². The van der Waals surface area contributed by atoms with Crippen LogP contribution < -0.4 is 0 Å². The Morgan fingerprint density at radius 1 is 0.225 bits per heavy atom. The lowest BCUT2D eigenvalue weighted by molar-refractivity contribution is 0.0468. The Hall–Kier alpha value is -4.48. The maximum Gasteiger partial charge on any atom is 0.143 e. The first-order chi connectivity index (χ1) is 37.5. The van der Waals surface area contributed by atoms with Crippen molar-refractivity contribution in [3.8, 4) is 0 Å². The molecule has 0 aliphatic heterocycles. The second-order valence-electron chi connectivity index (χ2n) is 25.8. The van der Waals surface area contributed by atoms with Crippen molar-refractivity contribution in [1.82, 2.24) is 0 Å². The maximum absolute atomic E-state index is 7.30. The average molecular weight is 1330 g/mol. The summed E-state index contributed by atoms with van der Waals surface area (Å²) < 4.78 is 32.6. The second-order valence-corrected chi connectivity index (χ2v) is 29.4. The molecule has 8 aromatic rings. The van der Waals surface area contributed by atoms with Crippen LogP contribution in [0.15, 0.2) is 188 Å². The number of fused-ring (bicyclic) bond motifs is 8. The van der Waals surface area contributed by atoms with Gasteiger partial charge in [-0.05, 0) is 183 Å². The molecule has 0 heterocycles. The van der Waals surface area contributed by atoms with Crippen molar-refractivity contribution in [2.24, 2.45) is 0 Å². The van der Waals surface area contributed by atoms with Crippen LogP contribution in [-0.4, -0.2) is 28.4 Å². The summed E-state index contributed by atoms with van der Waals surface area (Å²) in [7, 11) is 7.28. The lowest BCUT2D eigenvalue weighted by atomic mass is 9.71. The highest BCUT2D eigenvalue weighted by molar-refractivity contribution is 9.11. The third-order valence-corrected chi connectivity index (χ3v) is 18.5. The van der Waals surface area contributed by atoms with Gasteiger partial charge in [0, 0.05) is 46.3 Å². The van der Waals surface area contributed by atoms with Gasteiger partial charge in [-0.25, -0.2) is 0 Å². The summed E-state index contributed by atoms with van der Waals surface area (Å²) in [4.78, 5) is 0. The third-order valence-electron chi connectivity index (χ3n) is 16.7. The van der Waals surface area contributed by atoms with Crippen LogP contribution in [0.1, 0.15) is 172 Å². The monoisotopic (exact) mass is 1320 g/mol. The van der Waals surface area contributed by atoms with E-state index in [1.807, 2.05) is 28.4 Å². The fourth-order valence-corrected chi connectivity index (χ4v) is 14.2. The van der Waals surface area contributed by atoms with Crippen molar-refractivity contribution < 1.29 is 18.9 Å². The van der Waals surface area contributed by atoms with Gasteiger partial charge in [-0.3, -0.25) is 0 Å². The minimum atomic E-state index is -1.22. The van der Waals surface area contributed by atoms with Gasteiger partial charge in [0.25, 0.3) is 0 Å². The molecule has 416 valence electrons. The Labute approximate surface area is 511 Å². The first-order valence-corrected chi connectivity index (χ1v) is 30.6. The Morgan fingerprint density at radius 3 is 0.475 bits per heavy atom. The summed E-state index contributed by atoms with van der Waals surface area (Å²) in [5.74, 6) is 0. The summed E-state index contributed by atoms with van der Waals surface area (Å²) in [6, 6.07) is 62.4. The molecule has 8 aromatic carbocycles. The average Bonchev–Trinajstić information content (AvgIpc) is 3.48. The van der Waals surface area contributed by atoms with Crippen molar-refractivity contribution in [2.45, 2.75) is 127 Å². The van der Waals surface area contributed by atoms with Crippen molar-refractivity contribution in [1.29, 1.82) is 0 Å². The zero-order valence-electron chi connectivity index (χ0n) is 49.3. The normalized spacial score (nSPS) is 20.6. The molecule has 0 saturated heterocycles. The van der Waals surface area contributed by atoms with Crippen LogP contribution in [0.5, 0.6) is 0 Å². The van der Waals surface area contributed by atoms with Crippen molar-refractivity contribution in [3.63, 3.8) is 0 Å². The Kier molecular flexibility index (Phi) is 16.5. The molecule has 0 radical (unpaired) electrons. The molecule has 1 aliphatic carbocycles. The lowest BCUT2D eigenvalue weighted by Crippen LogP contribution is -2.38. The molecular weight excluding hydrogens is 1250 g/mol. The van der Waals surface area contributed by atoms with Crippen molar-refractivity contribution in [3.05, 3.63) is 277 Å². The molecule has 0 fully saturated rings. The predicted molar refractivity (Wildman–Crippen MR) is 345 cm³/mol. The Bertz CT molecular complexity index is 2990. The lowest BCUT2D eigenvalue weighted by Gasteiger charge is -2.42. The molecule has 8 heteroatoms. The molecule has 80 heavy (non-hydrogen) atoms. The van der Waals surface area contributed by atoms with E-state index >= 15 is 0 Å². The third kappa shape index (κ3) is 10.5. The van der Waals surface area contributed by atoms with E-state index in [9.17, 15) is 0 Å². The molecule has 1 aliphatic rings. The van der Waals surface area contributed by atoms with E-state index in [2.05, 4.69) is 317 Å². The van der Waals surface area contributed by atoms with Gasteiger partial charge in [0.15, 0.2) is 0 Å². The molecule has 0 saturated carbocycles. The van der Waals surface area contributed by atoms with Crippen LogP contribution >= 0.6 is 63.7 Å². The highest BCUT2D eigenvalue weighted by Gasteiger charge is 2.47. The highest BCUT2D eigenvalue weighted by atomic mass is 79.9. The SMILES string of the molecule is COC1(c2ccc(C(C)(C)C)cc2)c2cc(Br)cc(c2)C(OC)(c2ccc(C(C)(C)C)cc2)c2cc(Br)cc(c2)C(OC)(c2ccc(C(C)(C)C)cc2)c2cc(Br)cc(c2)C(OC)(c2ccc(C(C)(C)C)cc2)c2cc(Br)cc1c2. The van der Waals surface area contributed by atoms with Gasteiger partial charge in [0.2, 0.25) is 0 Å². The summed E-state index contributed by atoms with van der Waals surface area (Å²) in [5, 5.41) is 0. The van der Waals surface area contributed by atoms with Crippen LogP contribution in [0.3, 0.4) is 0 Å². The molecule has 9 rings (SSSR count). The highest BCUT2D eigenvalue weighted by Crippen LogP contribution is 2.53.